The van der Waals surface area contributed by atoms with Crippen LogP contribution in [-0.4, -0.2) is 31.4 Å². The van der Waals surface area contributed by atoms with E-state index in [9.17, 15) is 4.79 Å². The number of hydrogen-bond acceptors (Lipinski definition) is 4. The lowest BCUT2D eigenvalue weighted by Gasteiger charge is -2.07. The zero-order chi connectivity index (χ0) is 13.9. The molecule has 4 heteroatoms. The third-order valence-electron chi connectivity index (χ3n) is 2.82. The first kappa shape index (κ1) is 15.5. The van der Waals surface area contributed by atoms with Crippen molar-refractivity contribution in [3.05, 3.63) is 29.8 Å². The fraction of sp³-hybridized carbons (Fsp3) is 0.533. The Morgan fingerprint density at radius 3 is 2.84 bits per heavy atom. The molecule has 0 heterocycles. The molecule has 0 bridgehead atoms. The molecule has 0 aliphatic heterocycles. The van der Waals surface area contributed by atoms with E-state index in [1.54, 1.807) is 0 Å². The van der Waals surface area contributed by atoms with E-state index in [-0.39, 0.29) is 12.6 Å². The van der Waals surface area contributed by atoms with Gasteiger partial charge in [-0.15, -0.1) is 0 Å². The summed E-state index contributed by atoms with van der Waals surface area (Å²) in [6, 6.07) is 7.76. The second-order valence-corrected chi connectivity index (χ2v) is 4.36. The van der Waals surface area contributed by atoms with Gasteiger partial charge in [0.1, 0.15) is 5.75 Å². The van der Waals surface area contributed by atoms with Gasteiger partial charge in [-0.25, -0.2) is 0 Å². The molecule has 4 nitrogen and oxygen atoms in total. The Morgan fingerprint density at radius 1 is 1.26 bits per heavy atom. The van der Waals surface area contributed by atoms with Crippen molar-refractivity contribution in [2.24, 2.45) is 0 Å². The van der Waals surface area contributed by atoms with Gasteiger partial charge in [0.2, 0.25) is 0 Å². The van der Waals surface area contributed by atoms with Gasteiger partial charge in [-0.3, -0.25) is 4.79 Å². The van der Waals surface area contributed by atoms with E-state index in [2.05, 4.69) is 4.74 Å². The van der Waals surface area contributed by atoms with Crippen molar-refractivity contribution in [3.8, 4) is 5.75 Å². The number of unbranched alkanes of at least 4 members (excludes halogenated alkanes) is 2. The lowest BCUT2D eigenvalue weighted by Crippen LogP contribution is -2.02. The van der Waals surface area contributed by atoms with Crippen LogP contribution in [0, 0.1) is 0 Å². The molecular formula is C15H22O4. The monoisotopic (exact) mass is 266 g/mol. The topological polar surface area (TPSA) is 55.8 Å². The molecule has 0 aromatic heterocycles. The molecule has 1 aromatic carbocycles. The molecule has 0 fully saturated rings. The van der Waals surface area contributed by atoms with Gasteiger partial charge in [-0.2, -0.15) is 0 Å². The zero-order valence-electron chi connectivity index (χ0n) is 11.4. The number of esters is 1. The van der Waals surface area contributed by atoms with Crippen LogP contribution in [0.4, 0.5) is 0 Å². The first-order valence-corrected chi connectivity index (χ1v) is 6.65. The molecule has 0 radical (unpaired) electrons. The number of rotatable bonds is 9. The van der Waals surface area contributed by atoms with E-state index in [1.807, 2.05) is 24.3 Å². The molecule has 0 aliphatic rings. The summed E-state index contributed by atoms with van der Waals surface area (Å²) >= 11 is 0. The fourth-order valence-electron chi connectivity index (χ4n) is 1.72. The number of carbonyl (C=O) groups excluding carboxylic acids is 1. The molecule has 0 aliphatic carbocycles. The minimum Gasteiger partial charge on any atom is -0.494 e. The SMILES string of the molecule is COC(=O)CCc1cccc(OCCCCCO)c1. The average Bonchev–Trinajstić information content (AvgIpc) is 2.45. The van der Waals surface area contributed by atoms with Crippen molar-refractivity contribution in [1.82, 2.24) is 0 Å². The number of aliphatic hydroxyl groups excluding tert-OH is 1. The highest BCUT2D eigenvalue weighted by molar-refractivity contribution is 5.69. The number of ether oxygens (including phenoxy) is 2. The van der Waals surface area contributed by atoms with Gasteiger partial charge in [0, 0.05) is 13.0 Å². The minimum atomic E-state index is -0.199. The third-order valence-corrected chi connectivity index (χ3v) is 2.82. The summed E-state index contributed by atoms with van der Waals surface area (Å²) in [5.74, 6) is 0.627. The van der Waals surface area contributed by atoms with Crippen LogP contribution in [0.5, 0.6) is 5.75 Å². The molecule has 0 amide bonds. The summed E-state index contributed by atoms with van der Waals surface area (Å²) in [4.78, 5) is 11.1. The van der Waals surface area contributed by atoms with Crippen LogP contribution >= 0.6 is 0 Å². The highest BCUT2D eigenvalue weighted by Gasteiger charge is 2.02. The van der Waals surface area contributed by atoms with Gasteiger partial charge < -0.3 is 14.6 Å². The van der Waals surface area contributed by atoms with Gasteiger partial charge in [0.05, 0.1) is 13.7 Å². The first-order chi connectivity index (χ1) is 9.26. The molecule has 0 spiro atoms. The number of hydrogen-bond donors (Lipinski definition) is 1. The van der Waals surface area contributed by atoms with Crippen LogP contribution in [0.25, 0.3) is 0 Å². The van der Waals surface area contributed by atoms with E-state index < -0.39 is 0 Å². The summed E-state index contributed by atoms with van der Waals surface area (Å²) in [5, 5.41) is 8.66. The van der Waals surface area contributed by atoms with Gasteiger partial charge in [-0.05, 0) is 43.4 Å². The van der Waals surface area contributed by atoms with Crippen LogP contribution < -0.4 is 4.74 Å². The maximum Gasteiger partial charge on any atom is 0.305 e. The van der Waals surface area contributed by atoms with E-state index in [4.69, 9.17) is 9.84 Å². The standard InChI is InChI=1S/C15H22O4/c1-18-15(17)9-8-13-6-5-7-14(12-13)19-11-4-2-3-10-16/h5-7,12,16H,2-4,8-11H2,1H3. The predicted molar refractivity (Wildman–Crippen MR) is 73.2 cm³/mol. The molecular weight excluding hydrogens is 244 g/mol. The van der Waals surface area contributed by atoms with Crippen molar-refractivity contribution in [2.45, 2.75) is 32.1 Å². The maximum absolute atomic E-state index is 11.1. The smallest absolute Gasteiger partial charge is 0.305 e. The van der Waals surface area contributed by atoms with Crippen LogP contribution in [-0.2, 0) is 16.0 Å². The highest BCUT2D eigenvalue weighted by atomic mass is 16.5. The number of benzene rings is 1. The summed E-state index contributed by atoms with van der Waals surface area (Å²) < 4.78 is 10.2. The Labute approximate surface area is 114 Å². The van der Waals surface area contributed by atoms with E-state index >= 15 is 0 Å². The quantitative estimate of drug-likeness (QED) is 0.550. The Kier molecular flexibility index (Phi) is 7.66. The highest BCUT2D eigenvalue weighted by Crippen LogP contribution is 2.15. The molecule has 1 aromatic rings. The van der Waals surface area contributed by atoms with Crippen molar-refractivity contribution >= 4 is 5.97 Å². The van der Waals surface area contributed by atoms with E-state index in [0.717, 1.165) is 30.6 Å². The minimum absolute atomic E-state index is 0.199. The fourth-order valence-corrected chi connectivity index (χ4v) is 1.72. The Morgan fingerprint density at radius 2 is 2.11 bits per heavy atom. The summed E-state index contributed by atoms with van der Waals surface area (Å²) in [5.41, 5.74) is 1.07. The number of carbonyl (C=O) groups is 1. The number of methoxy groups -OCH3 is 1. The van der Waals surface area contributed by atoms with Crippen LogP contribution in [0.15, 0.2) is 24.3 Å². The van der Waals surface area contributed by atoms with Gasteiger partial charge in [-0.1, -0.05) is 12.1 Å². The third kappa shape index (κ3) is 6.82. The molecule has 1 N–H and O–H groups in total. The van der Waals surface area contributed by atoms with Crippen LogP contribution in [0.3, 0.4) is 0 Å². The van der Waals surface area contributed by atoms with Crippen molar-refractivity contribution in [2.75, 3.05) is 20.3 Å². The molecule has 0 unspecified atom stereocenters. The Balaban J connectivity index is 2.33. The largest absolute Gasteiger partial charge is 0.494 e. The molecule has 0 saturated heterocycles. The molecule has 106 valence electrons. The van der Waals surface area contributed by atoms with Crippen molar-refractivity contribution in [1.29, 1.82) is 0 Å². The molecule has 0 atom stereocenters. The number of aliphatic hydroxyl groups is 1. The maximum atomic E-state index is 11.1. The van der Waals surface area contributed by atoms with Crippen LogP contribution in [0.2, 0.25) is 0 Å². The van der Waals surface area contributed by atoms with E-state index in [1.165, 1.54) is 7.11 Å². The second kappa shape index (κ2) is 9.39. The summed E-state index contributed by atoms with van der Waals surface area (Å²) in [7, 11) is 1.40. The first-order valence-electron chi connectivity index (χ1n) is 6.65. The normalized spacial score (nSPS) is 10.2. The molecule has 1 rings (SSSR count). The lowest BCUT2D eigenvalue weighted by atomic mass is 10.1. The molecule has 19 heavy (non-hydrogen) atoms. The Bertz CT molecular complexity index is 376. The van der Waals surface area contributed by atoms with Gasteiger partial charge in [0.15, 0.2) is 0 Å². The summed E-state index contributed by atoms with van der Waals surface area (Å²) in [6.45, 7) is 0.892. The van der Waals surface area contributed by atoms with Crippen molar-refractivity contribution < 1.29 is 19.4 Å². The zero-order valence-corrected chi connectivity index (χ0v) is 11.4. The Hall–Kier alpha value is -1.55. The summed E-state index contributed by atoms with van der Waals surface area (Å²) in [6.07, 6.45) is 3.78. The number of aryl methyl sites for hydroxylation is 1. The van der Waals surface area contributed by atoms with Gasteiger partial charge >= 0.3 is 5.97 Å². The average molecular weight is 266 g/mol. The lowest BCUT2D eigenvalue weighted by molar-refractivity contribution is -0.140. The molecule has 0 saturated carbocycles. The second-order valence-electron chi connectivity index (χ2n) is 4.36. The van der Waals surface area contributed by atoms with Crippen molar-refractivity contribution in [3.63, 3.8) is 0 Å². The van der Waals surface area contributed by atoms with Crippen LogP contribution in [0.1, 0.15) is 31.2 Å². The predicted octanol–water partition coefficient (Wildman–Crippen LogP) is 2.33. The van der Waals surface area contributed by atoms with Gasteiger partial charge in [0.25, 0.3) is 0 Å². The van der Waals surface area contributed by atoms with E-state index in [0.29, 0.717) is 19.4 Å².